The lowest BCUT2D eigenvalue weighted by molar-refractivity contribution is -0.151. The number of nitrogens with zero attached hydrogens (tertiary/aromatic N) is 2. The van der Waals surface area contributed by atoms with Gasteiger partial charge in [0.2, 0.25) is 0 Å². The van der Waals surface area contributed by atoms with Gasteiger partial charge in [0.1, 0.15) is 6.33 Å². The Kier molecular flexibility index (Phi) is 3.03. The summed E-state index contributed by atoms with van der Waals surface area (Å²) in [5.41, 5.74) is 3.24. The van der Waals surface area contributed by atoms with Gasteiger partial charge in [-0.1, -0.05) is 12.1 Å². The number of hydrazine groups is 1. The molecule has 0 unspecified atom stereocenters. The molecule has 0 saturated heterocycles. The van der Waals surface area contributed by atoms with Crippen molar-refractivity contribution in [1.29, 1.82) is 0 Å². The average Bonchev–Trinajstić information content (AvgIpc) is 2.72. The lowest BCUT2D eigenvalue weighted by atomic mass is 10.3. The van der Waals surface area contributed by atoms with E-state index in [0.29, 0.717) is 23.0 Å². The summed E-state index contributed by atoms with van der Waals surface area (Å²) in [6, 6.07) is 7.14. The van der Waals surface area contributed by atoms with Gasteiger partial charge in [-0.3, -0.25) is 9.82 Å². The molecular weight excluding hydrogens is 244 g/mol. The first-order valence-electron chi connectivity index (χ1n) is 4.62. The monoisotopic (exact) mass is 254 g/mol. The Morgan fingerprint density at radius 1 is 1.53 bits per heavy atom. The first kappa shape index (κ1) is 11.9. The molecule has 0 fully saturated rings. The number of carboxylic acid groups (broad SMARTS) is 1. The molecule has 0 bridgehead atoms. The van der Waals surface area contributed by atoms with Crippen molar-refractivity contribution in [2.24, 2.45) is 5.84 Å². The largest absolute Gasteiger partial charge is 0.477 e. The molecule has 1 aromatic carbocycles. The van der Waals surface area contributed by atoms with E-state index in [1.807, 2.05) is 11.5 Å². The van der Waals surface area contributed by atoms with Crippen molar-refractivity contribution in [3.8, 4) is 0 Å². The molecule has 0 aliphatic heterocycles. The van der Waals surface area contributed by atoms with Crippen LogP contribution in [0.5, 0.6) is 0 Å². The zero-order valence-corrected chi connectivity index (χ0v) is 9.39. The number of aromatic nitrogens is 2. The molecule has 0 spiro atoms. The van der Waals surface area contributed by atoms with Gasteiger partial charge in [0.25, 0.3) is 5.06 Å². The summed E-state index contributed by atoms with van der Waals surface area (Å²) in [5, 5.41) is 16.3. The SMILES string of the molecule is NN[C@](O)(Sn1cnc2ccccc21)C(=O)O. The number of fused-ring (bicyclic) bond motifs is 1. The molecule has 8 heteroatoms. The van der Waals surface area contributed by atoms with Crippen LogP contribution in [0.2, 0.25) is 0 Å². The molecule has 2 aromatic rings. The van der Waals surface area contributed by atoms with Crippen LogP contribution in [0, 0.1) is 0 Å². The number of carbonyl (C=O) groups is 1. The van der Waals surface area contributed by atoms with Crippen LogP contribution >= 0.6 is 11.9 Å². The fraction of sp³-hybridized carbons (Fsp3) is 0.111. The number of rotatable bonds is 4. The second-order valence-corrected chi connectivity index (χ2v) is 4.41. The third-order valence-corrected chi connectivity index (χ3v) is 3.18. The number of hydrogen-bond acceptors (Lipinski definition) is 6. The van der Waals surface area contributed by atoms with Crippen LogP contribution in [0.15, 0.2) is 30.6 Å². The Bertz CT molecular complexity index is 558. The molecule has 0 amide bonds. The highest BCUT2D eigenvalue weighted by Crippen LogP contribution is 2.25. The highest BCUT2D eigenvalue weighted by Gasteiger charge is 2.37. The Labute approximate surface area is 100 Å². The van der Waals surface area contributed by atoms with Crippen molar-refractivity contribution >= 4 is 29.0 Å². The van der Waals surface area contributed by atoms with Gasteiger partial charge in [0.05, 0.1) is 11.0 Å². The summed E-state index contributed by atoms with van der Waals surface area (Å²) < 4.78 is 1.43. The van der Waals surface area contributed by atoms with Crippen LogP contribution in [0.1, 0.15) is 0 Å². The van der Waals surface area contributed by atoms with E-state index in [4.69, 9.17) is 10.9 Å². The zero-order chi connectivity index (χ0) is 12.5. The predicted molar refractivity (Wildman–Crippen MR) is 62.6 cm³/mol. The Morgan fingerprint density at radius 2 is 2.24 bits per heavy atom. The van der Waals surface area contributed by atoms with E-state index >= 15 is 0 Å². The standard InChI is InChI=1S/C9H10N4O3S/c10-12-9(16,8(14)15)17-13-5-11-6-3-1-2-4-7(6)13/h1-5,12,16H,10H2,(H,14,15)/t9-/m1/s1. The molecule has 7 nitrogen and oxygen atoms in total. The number of carboxylic acids is 1. The summed E-state index contributed by atoms with van der Waals surface area (Å²) in [6.07, 6.45) is 1.42. The number of aliphatic carboxylic acids is 1. The first-order valence-corrected chi connectivity index (χ1v) is 5.39. The third-order valence-electron chi connectivity index (χ3n) is 2.14. The van der Waals surface area contributed by atoms with Gasteiger partial charge in [-0.25, -0.2) is 15.2 Å². The topological polar surface area (TPSA) is 113 Å². The van der Waals surface area contributed by atoms with Crippen LogP contribution in [0.4, 0.5) is 0 Å². The average molecular weight is 254 g/mol. The fourth-order valence-corrected chi connectivity index (χ4v) is 2.04. The van der Waals surface area contributed by atoms with Crippen LogP contribution in [0.3, 0.4) is 0 Å². The van der Waals surface area contributed by atoms with Crippen LogP contribution < -0.4 is 11.3 Å². The molecular formula is C9H10N4O3S. The van der Waals surface area contributed by atoms with E-state index in [0.717, 1.165) is 0 Å². The van der Waals surface area contributed by atoms with Crippen LogP contribution in [0.25, 0.3) is 11.0 Å². The second-order valence-electron chi connectivity index (χ2n) is 3.24. The third kappa shape index (κ3) is 2.11. The molecule has 1 aromatic heterocycles. The maximum atomic E-state index is 10.9. The summed E-state index contributed by atoms with van der Waals surface area (Å²) in [5.74, 6) is 3.55. The van der Waals surface area contributed by atoms with Crippen molar-refractivity contribution in [1.82, 2.24) is 14.4 Å². The summed E-state index contributed by atoms with van der Waals surface area (Å²) in [6.45, 7) is 0. The maximum Gasteiger partial charge on any atom is 0.365 e. The number of nitrogens with one attached hydrogen (secondary N) is 1. The molecule has 2 rings (SSSR count). The number of imidazole rings is 1. The number of nitrogens with two attached hydrogens (primary N) is 1. The highest BCUT2D eigenvalue weighted by molar-refractivity contribution is 7.99. The molecule has 0 aliphatic carbocycles. The van der Waals surface area contributed by atoms with Crippen molar-refractivity contribution in [3.05, 3.63) is 30.6 Å². The van der Waals surface area contributed by atoms with E-state index in [1.54, 1.807) is 18.2 Å². The lowest BCUT2D eigenvalue weighted by Crippen LogP contribution is -2.53. The molecule has 17 heavy (non-hydrogen) atoms. The van der Waals surface area contributed by atoms with Gasteiger partial charge in [0, 0.05) is 11.9 Å². The minimum atomic E-state index is -2.30. The first-order chi connectivity index (χ1) is 8.07. The fourth-order valence-electron chi connectivity index (χ4n) is 1.28. The quantitative estimate of drug-likeness (QED) is 0.337. The number of aliphatic hydroxyl groups is 1. The van der Waals surface area contributed by atoms with E-state index in [2.05, 4.69) is 4.98 Å². The minimum Gasteiger partial charge on any atom is -0.477 e. The Morgan fingerprint density at radius 3 is 2.88 bits per heavy atom. The van der Waals surface area contributed by atoms with Crippen LogP contribution in [-0.4, -0.2) is 30.2 Å². The van der Waals surface area contributed by atoms with Crippen LogP contribution in [-0.2, 0) is 4.79 Å². The molecule has 1 atom stereocenters. The normalized spacial score (nSPS) is 14.7. The van der Waals surface area contributed by atoms with Gasteiger partial charge in [-0.2, -0.15) is 0 Å². The van der Waals surface area contributed by atoms with Crippen molar-refractivity contribution in [2.45, 2.75) is 5.06 Å². The number of hydrogen-bond donors (Lipinski definition) is 4. The van der Waals surface area contributed by atoms with Gasteiger partial charge >= 0.3 is 5.97 Å². The number of benzene rings is 1. The van der Waals surface area contributed by atoms with Crippen molar-refractivity contribution in [2.75, 3.05) is 0 Å². The second kappa shape index (κ2) is 4.34. The van der Waals surface area contributed by atoms with Gasteiger partial charge in [-0.05, 0) is 12.1 Å². The predicted octanol–water partition coefficient (Wildman–Crippen LogP) is -0.273. The molecule has 90 valence electrons. The van der Waals surface area contributed by atoms with E-state index in [-0.39, 0.29) is 0 Å². The van der Waals surface area contributed by atoms with E-state index in [1.165, 1.54) is 10.3 Å². The Hall–Kier alpha value is -1.61. The summed E-state index contributed by atoms with van der Waals surface area (Å²) in [7, 11) is 0. The van der Waals surface area contributed by atoms with Crippen molar-refractivity contribution < 1.29 is 15.0 Å². The molecule has 0 saturated carbocycles. The van der Waals surface area contributed by atoms with Crippen molar-refractivity contribution in [3.63, 3.8) is 0 Å². The molecule has 0 radical (unpaired) electrons. The molecule has 5 N–H and O–H groups in total. The van der Waals surface area contributed by atoms with Gasteiger partial charge < -0.3 is 10.2 Å². The minimum absolute atomic E-state index is 0.609. The summed E-state index contributed by atoms with van der Waals surface area (Å²) in [4.78, 5) is 14.9. The molecule has 1 heterocycles. The highest BCUT2D eigenvalue weighted by atomic mass is 32.2. The lowest BCUT2D eigenvalue weighted by Gasteiger charge is -2.21. The maximum absolute atomic E-state index is 10.9. The van der Waals surface area contributed by atoms with E-state index < -0.39 is 11.0 Å². The van der Waals surface area contributed by atoms with Gasteiger partial charge in [0.15, 0.2) is 0 Å². The smallest absolute Gasteiger partial charge is 0.365 e. The summed E-state index contributed by atoms with van der Waals surface area (Å²) >= 11 is 0.609. The van der Waals surface area contributed by atoms with Gasteiger partial charge in [-0.15, -0.1) is 0 Å². The van der Waals surface area contributed by atoms with E-state index in [9.17, 15) is 9.90 Å². The number of para-hydroxylation sites is 2. The molecule has 0 aliphatic rings. The zero-order valence-electron chi connectivity index (χ0n) is 8.57. The Balaban J connectivity index is 2.38.